The Kier molecular flexibility index (Phi) is 4.03. The van der Waals surface area contributed by atoms with E-state index in [1.807, 2.05) is 6.07 Å². The van der Waals surface area contributed by atoms with Gasteiger partial charge in [0.1, 0.15) is 11.5 Å². The molecule has 2 fully saturated rings. The van der Waals surface area contributed by atoms with Gasteiger partial charge in [0.15, 0.2) is 0 Å². The Labute approximate surface area is 127 Å². The molecule has 21 heavy (non-hydrogen) atoms. The van der Waals surface area contributed by atoms with Crippen molar-refractivity contribution in [1.29, 1.82) is 0 Å². The number of benzene rings is 1. The van der Waals surface area contributed by atoms with Crippen LogP contribution in [-0.4, -0.2) is 37.4 Å². The van der Waals surface area contributed by atoms with Crippen LogP contribution in [0.1, 0.15) is 38.2 Å². The largest absolute Gasteiger partial charge is 0.497 e. The van der Waals surface area contributed by atoms with E-state index in [2.05, 4.69) is 30.0 Å². The van der Waals surface area contributed by atoms with Gasteiger partial charge < -0.3 is 9.64 Å². The van der Waals surface area contributed by atoms with E-state index in [9.17, 15) is 4.79 Å². The molecular formula is C18H25NO2. The van der Waals surface area contributed by atoms with Crippen molar-refractivity contribution in [2.45, 2.75) is 38.0 Å². The van der Waals surface area contributed by atoms with Gasteiger partial charge in [-0.15, -0.1) is 0 Å². The highest BCUT2D eigenvalue weighted by Crippen LogP contribution is 2.48. The zero-order chi connectivity index (χ0) is 14.9. The SMILES string of the molecule is CCN1CC[C@]2(c3cccc(OC)c3)CCC(=O)C[C@H]2C1. The summed E-state index contributed by atoms with van der Waals surface area (Å²) in [6, 6.07) is 8.50. The Morgan fingerprint density at radius 2 is 2.24 bits per heavy atom. The first-order chi connectivity index (χ1) is 10.2. The highest BCUT2D eigenvalue weighted by molar-refractivity contribution is 5.80. The number of fused-ring (bicyclic) bond motifs is 1. The molecule has 1 heterocycles. The molecule has 0 amide bonds. The number of methoxy groups -OCH3 is 1. The summed E-state index contributed by atoms with van der Waals surface area (Å²) in [5.41, 5.74) is 1.55. The normalized spacial score (nSPS) is 30.0. The predicted molar refractivity (Wildman–Crippen MR) is 83.8 cm³/mol. The summed E-state index contributed by atoms with van der Waals surface area (Å²) in [5, 5.41) is 0. The van der Waals surface area contributed by atoms with Gasteiger partial charge in [0, 0.05) is 24.8 Å². The molecule has 1 aromatic carbocycles. The molecule has 2 atom stereocenters. The zero-order valence-electron chi connectivity index (χ0n) is 13.1. The van der Waals surface area contributed by atoms with Crippen LogP contribution in [0.25, 0.3) is 0 Å². The highest BCUT2D eigenvalue weighted by Gasteiger charge is 2.47. The van der Waals surface area contributed by atoms with Crippen molar-refractivity contribution in [1.82, 2.24) is 4.90 Å². The van der Waals surface area contributed by atoms with Crippen LogP contribution in [0, 0.1) is 5.92 Å². The Morgan fingerprint density at radius 3 is 3.00 bits per heavy atom. The van der Waals surface area contributed by atoms with Crippen molar-refractivity contribution in [2.75, 3.05) is 26.7 Å². The lowest BCUT2D eigenvalue weighted by molar-refractivity contribution is -0.124. The topological polar surface area (TPSA) is 29.5 Å². The molecule has 3 heteroatoms. The number of nitrogens with zero attached hydrogens (tertiary/aromatic N) is 1. The summed E-state index contributed by atoms with van der Waals surface area (Å²) in [7, 11) is 1.72. The number of hydrogen-bond donors (Lipinski definition) is 0. The number of hydrogen-bond acceptors (Lipinski definition) is 3. The molecule has 1 saturated carbocycles. The molecule has 0 spiro atoms. The fraction of sp³-hybridized carbons (Fsp3) is 0.611. The van der Waals surface area contributed by atoms with Gasteiger partial charge in [0.25, 0.3) is 0 Å². The van der Waals surface area contributed by atoms with E-state index in [0.717, 1.165) is 51.1 Å². The molecule has 2 aliphatic rings. The van der Waals surface area contributed by atoms with Gasteiger partial charge in [0.05, 0.1) is 7.11 Å². The number of likely N-dealkylation sites (tertiary alicyclic amines) is 1. The minimum absolute atomic E-state index is 0.175. The van der Waals surface area contributed by atoms with Crippen molar-refractivity contribution in [3.05, 3.63) is 29.8 Å². The molecule has 0 unspecified atom stereocenters. The average Bonchev–Trinajstić information content (AvgIpc) is 2.54. The average molecular weight is 287 g/mol. The van der Waals surface area contributed by atoms with Crippen molar-refractivity contribution in [3.8, 4) is 5.75 Å². The van der Waals surface area contributed by atoms with Crippen LogP contribution in [0.2, 0.25) is 0 Å². The summed E-state index contributed by atoms with van der Waals surface area (Å²) < 4.78 is 5.41. The van der Waals surface area contributed by atoms with Crippen LogP contribution < -0.4 is 4.74 Å². The van der Waals surface area contributed by atoms with Gasteiger partial charge in [-0.25, -0.2) is 0 Å². The molecule has 1 aliphatic carbocycles. The van der Waals surface area contributed by atoms with Crippen LogP contribution in [0.5, 0.6) is 5.75 Å². The van der Waals surface area contributed by atoms with Crippen molar-refractivity contribution < 1.29 is 9.53 Å². The van der Waals surface area contributed by atoms with Gasteiger partial charge in [0.2, 0.25) is 0 Å². The van der Waals surface area contributed by atoms with E-state index in [-0.39, 0.29) is 5.41 Å². The molecule has 3 rings (SSSR count). The highest BCUT2D eigenvalue weighted by atomic mass is 16.5. The third kappa shape index (κ3) is 2.59. The zero-order valence-corrected chi connectivity index (χ0v) is 13.1. The van der Waals surface area contributed by atoms with E-state index < -0.39 is 0 Å². The second kappa shape index (κ2) is 5.80. The maximum absolute atomic E-state index is 12.0. The first-order valence-electron chi connectivity index (χ1n) is 8.06. The molecule has 1 aromatic rings. The fourth-order valence-corrected chi connectivity index (χ4v) is 4.21. The molecule has 1 saturated heterocycles. The van der Waals surface area contributed by atoms with E-state index in [1.165, 1.54) is 5.56 Å². The molecule has 0 N–H and O–H groups in total. The smallest absolute Gasteiger partial charge is 0.133 e. The lowest BCUT2D eigenvalue weighted by Crippen LogP contribution is -2.52. The predicted octanol–water partition coefficient (Wildman–Crippen LogP) is 3.03. The molecule has 0 radical (unpaired) electrons. The maximum Gasteiger partial charge on any atom is 0.133 e. The Morgan fingerprint density at radius 1 is 1.38 bits per heavy atom. The summed E-state index contributed by atoms with van der Waals surface area (Å²) >= 11 is 0. The van der Waals surface area contributed by atoms with E-state index in [0.29, 0.717) is 11.7 Å². The number of carbonyl (C=O) groups is 1. The minimum Gasteiger partial charge on any atom is -0.497 e. The molecule has 114 valence electrons. The molecule has 0 bridgehead atoms. The quantitative estimate of drug-likeness (QED) is 0.856. The molecule has 3 nitrogen and oxygen atoms in total. The number of ether oxygens (including phenoxy) is 1. The summed E-state index contributed by atoms with van der Waals surface area (Å²) in [6.07, 6.45) is 3.64. The van der Waals surface area contributed by atoms with Gasteiger partial charge in [-0.3, -0.25) is 4.79 Å². The van der Waals surface area contributed by atoms with Gasteiger partial charge in [-0.1, -0.05) is 19.1 Å². The van der Waals surface area contributed by atoms with Crippen molar-refractivity contribution >= 4 is 5.78 Å². The lowest BCUT2D eigenvalue weighted by Gasteiger charge is -2.50. The van der Waals surface area contributed by atoms with E-state index >= 15 is 0 Å². The van der Waals surface area contributed by atoms with Crippen LogP contribution in [-0.2, 0) is 10.2 Å². The maximum atomic E-state index is 12.0. The monoisotopic (exact) mass is 287 g/mol. The first kappa shape index (κ1) is 14.6. The standard InChI is InChI=1S/C18H25NO2/c1-3-19-10-9-18(8-7-16(20)11-15(18)13-19)14-5-4-6-17(12-14)21-2/h4-6,12,15H,3,7-11,13H2,1-2H3/t15-,18-/m0/s1. The number of Topliss-reactive ketones (excluding diaryl/α,β-unsaturated/α-hetero) is 1. The first-order valence-corrected chi connectivity index (χ1v) is 8.06. The number of carbonyl (C=O) groups excluding carboxylic acids is 1. The van der Waals surface area contributed by atoms with Crippen molar-refractivity contribution in [3.63, 3.8) is 0 Å². The second-order valence-corrected chi connectivity index (χ2v) is 6.47. The lowest BCUT2D eigenvalue weighted by atomic mass is 9.59. The number of ketones is 1. The van der Waals surface area contributed by atoms with Crippen LogP contribution in [0.3, 0.4) is 0 Å². The Hall–Kier alpha value is -1.35. The second-order valence-electron chi connectivity index (χ2n) is 6.47. The summed E-state index contributed by atoms with van der Waals surface area (Å²) in [4.78, 5) is 14.5. The van der Waals surface area contributed by atoms with E-state index in [1.54, 1.807) is 7.11 Å². The minimum atomic E-state index is 0.175. The Balaban J connectivity index is 1.96. The van der Waals surface area contributed by atoms with Gasteiger partial charge in [-0.05, 0) is 49.5 Å². The molecule has 1 aliphatic heterocycles. The summed E-state index contributed by atoms with van der Waals surface area (Å²) in [5.74, 6) is 1.83. The van der Waals surface area contributed by atoms with Crippen LogP contribution in [0.4, 0.5) is 0 Å². The van der Waals surface area contributed by atoms with Gasteiger partial charge >= 0.3 is 0 Å². The van der Waals surface area contributed by atoms with E-state index in [4.69, 9.17) is 4.74 Å². The van der Waals surface area contributed by atoms with Crippen LogP contribution in [0.15, 0.2) is 24.3 Å². The Bertz CT molecular complexity index is 528. The third-order valence-electron chi connectivity index (χ3n) is 5.55. The number of rotatable bonds is 3. The molecule has 0 aromatic heterocycles. The third-order valence-corrected chi connectivity index (χ3v) is 5.55. The molecular weight excluding hydrogens is 262 g/mol. The summed E-state index contributed by atoms with van der Waals surface area (Å²) in [6.45, 7) is 5.49. The number of piperidine rings is 1. The van der Waals surface area contributed by atoms with Crippen molar-refractivity contribution in [2.24, 2.45) is 5.92 Å². The fourth-order valence-electron chi connectivity index (χ4n) is 4.21. The van der Waals surface area contributed by atoms with Gasteiger partial charge in [-0.2, -0.15) is 0 Å². The van der Waals surface area contributed by atoms with Crippen LogP contribution >= 0.6 is 0 Å².